The Balaban J connectivity index is 1.41. The minimum atomic E-state index is 0.666. The second kappa shape index (κ2) is 12.5. The molecule has 3 aromatic rings. The number of ether oxygens (including phenoxy) is 1. The second-order valence-electron chi connectivity index (χ2n) is 8.00. The van der Waals surface area contributed by atoms with Crippen molar-refractivity contribution in [3.05, 3.63) is 83.6 Å². The number of rotatable bonds is 12. The van der Waals surface area contributed by atoms with Crippen molar-refractivity contribution in [1.82, 2.24) is 4.98 Å². The van der Waals surface area contributed by atoms with E-state index in [0.29, 0.717) is 5.56 Å². The molecule has 0 spiro atoms. The lowest BCUT2D eigenvalue weighted by atomic mass is 10.0. The van der Waals surface area contributed by atoms with Crippen molar-refractivity contribution in [2.24, 2.45) is 0 Å². The zero-order valence-corrected chi connectivity index (χ0v) is 18.5. The zero-order valence-electron chi connectivity index (χ0n) is 18.5. The summed E-state index contributed by atoms with van der Waals surface area (Å²) >= 11 is 0. The largest absolute Gasteiger partial charge is 0.494 e. The number of unbranched alkanes of at least 4 members (excludes halogenated alkanes) is 5. The van der Waals surface area contributed by atoms with Crippen LogP contribution in [0.4, 0.5) is 0 Å². The van der Waals surface area contributed by atoms with Gasteiger partial charge in [-0.1, -0.05) is 69.4 Å². The van der Waals surface area contributed by atoms with Crippen molar-refractivity contribution >= 4 is 0 Å². The van der Waals surface area contributed by atoms with Crippen LogP contribution in [0.2, 0.25) is 0 Å². The maximum Gasteiger partial charge on any atom is 0.119 e. The molecule has 0 atom stereocenters. The summed E-state index contributed by atoms with van der Waals surface area (Å²) in [6.45, 7) is 3.06. The zero-order chi connectivity index (χ0) is 21.7. The summed E-state index contributed by atoms with van der Waals surface area (Å²) in [5, 5.41) is 8.91. The van der Waals surface area contributed by atoms with Gasteiger partial charge in [0.2, 0.25) is 0 Å². The van der Waals surface area contributed by atoms with E-state index in [1.807, 2.05) is 30.5 Å². The van der Waals surface area contributed by atoms with E-state index in [0.717, 1.165) is 42.9 Å². The van der Waals surface area contributed by atoms with Crippen LogP contribution in [0.3, 0.4) is 0 Å². The van der Waals surface area contributed by atoms with Gasteiger partial charge in [-0.05, 0) is 60.7 Å². The number of aryl methyl sites for hydroxylation is 2. The number of benzene rings is 2. The molecule has 3 rings (SSSR count). The lowest BCUT2D eigenvalue weighted by Crippen LogP contribution is -1.98. The van der Waals surface area contributed by atoms with Gasteiger partial charge in [0.15, 0.2) is 0 Å². The Bertz CT molecular complexity index is 938. The Morgan fingerprint density at radius 2 is 1.45 bits per heavy atom. The third-order valence-corrected chi connectivity index (χ3v) is 5.53. The molecule has 0 saturated heterocycles. The lowest BCUT2D eigenvalue weighted by Gasteiger charge is -2.08. The van der Waals surface area contributed by atoms with E-state index in [2.05, 4.69) is 54.4 Å². The highest BCUT2D eigenvalue weighted by Gasteiger charge is 2.02. The third kappa shape index (κ3) is 7.57. The molecule has 0 aliphatic carbocycles. The Morgan fingerprint density at radius 1 is 0.774 bits per heavy atom. The molecule has 0 aliphatic heterocycles. The predicted molar refractivity (Wildman–Crippen MR) is 127 cm³/mol. The lowest BCUT2D eigenvalue weighted by molar-refractivity contribution is 0.304. The number of hydrogen-bond acceptors (Lipinski definition) is 3. The maximum atomic E-state index is 8.91. The molecule has 0 radical (unpaired) electrons. The Morgan fingerprint density at radius 3 is 2.13 bits per heavy atom. The SMILES string of the molecule is CCCCCCCCOc1ccc(CCc2ccc(-c3ccc(C#N)cc3)nc2)cc1. The van der Waals surface area contributed by atoms with Crippen LogP contribution in [0.25, 0.3) is 11.3 Å². The number of nitrogens with zero attached hydrogens (tertiary/aromatic N) is 2. The van der Waals surface area contributed by atoms with Gasteiger partial charge in [-0.25, -0.2) is 0 Å². The highest BCUT2D eigenvalue weighted by molar-refractivity contribution is 5.60. The first kappa shape index (κ1) is 22.6. The standard InChI is InChI=1S/C28H32N2O/c1-2-3-4-5-6-7-20-31-27-17-12-23(13-18-27)8-9-25-14-19-28(30-22-25)26-15-10-24(21-29)11-16-26/h10-19,22H,2-9,20H2,1H3. The molecule has 3 nitrogen and oxygen atoms in total. The van der Waals surface area contributed by atoms with Gasteiger partial charge in [-0.3, -0.25) is 4.98 Å². The monoisotopic (exact) mass is 412 g/mol. The second-order valence-corrected chi connectivity index (χ2v) is 8.00. The highest BCUT2D eigenvalue weighted by Crippen LogP contribution is 2.19. The van der Waals surface area contributed by atoms with E-state index in [-0.39, 0.29) is 0 Å². The molecule has 0 bridgehead atoms. The number of aromatic nitrogens is 1. The fourth-order valence-corrected chi connectivity index (χ4v) is 3.57. The van der Waals surface area contributed by atoms with Gasteiger partial charge in [-0.15, -0.1) is 0 Å². The molecular weight excluding hydrogens is 380 g/mol. The molecule has 31 heavy (non-hydrogen) atoms. The Labute approximate surface area is 186 Å². The van der Waals surface area contributed by atoms with Crippen LogP contribution in [0, 0.1) is 11.3 Å². The van der Waals surface area contributed by atoms with Gasteiger partial charge in [0, 0.05) is 11.8 Å². The first-order valence-electron chi connectivity index (χ1n) is 11.5. The quantitative estimate of drug-likeness (QED) is 0.297. The molecule has 0 amide bonds. The molecule has 0 fully saturated rings. The average Bonchev–Trinajstić information content (AvgIpc) is 2.83. The average molecular weight is 413 g/mol. The van der Waals surface area contributed by atoms with Gasteiger partial charge < -0.3 is 4.74 Å². The minimum Gasteiger partial charge on any atom is -0.494 e. The van der Waals surface area contributed by atoms with Crippen LogP contribution in [0.15, 0.2) is 66.9 Å². The van der Waals surface area contributed by atoms with Crippen LogP contribution in [-0.2, 0) is 12.8 Å². The van der Waals surface area contributed by atoms with Gasteiger partial charge >= 0.3 is 0 Å². The van der Waals surface area contributed by atoms with Crippen LogP contribution < -0.4 is 4.74 Å². The fraction of sp³-hybridized carbons (Fsp3) is 0.357. The van der Waals surface area contributed by atoms with E-state index in [9.17, 15) is 0 Å². The van der Waals surface area contributed by atoms with Gasteiger partial charge in [-0.2, -0.15) is 5.26 Å². The third-order valence-electron chi connectivity index (χ3n) is 5.53. The summed E-state index contributed by atoms with van der Waals surface area (Å²) < 4.78 is 5.87. The predicted octanol–water partition coefficient (Wildman–Crippen LogP) is 7.14. The molecule has 2 aromatic carbocycles. The summed E-state index contributed by atoms with van der Waals surface area (Å²) in [5.41, 5.74) is 5.16. The van der Waals surface area contributed by atoms with Crippen molar-refractivity contribution in [2.45, 2.75) is 58.3 Å². The number of pyridine rings is 1. The maximum absolute atomic E-state index is 8.91. The van der Waals surface area contributed by atoms with Crippen LogP contribution in [0.1, 0.15) is 62.1 Å². The molecule has 1 aromatic heterocycles. The van der Waals surface area contributed by atoms with Gasteiger partial charge in [0.05, 0.1) is 23.9 Å². The van der Waals surface area contributed by atoms with Crippen molar-refractivity contribution in [1.29, 1.82) is 5.26 Å². The summed E-state index contributed by atoms with van der Waals surface area (Å²) in [6, 6.07) is 22.4. The van der Waals surface area contributed by atoms with Crippen molar-refractivity contribution in [3.63, 3.8) is 0 Å². The summed E-state index contributed by atoms with van der Waals surface area (Å²) in [5.74, 6) is 0.964. The van der Waals surface area contributed by atoms with Crippen LogP contribution in [0.5, 0.6) is 5.75 Å². The minimum absolute atomic E-state index is 0.666. The highest BCUT2D eigenvalue weighted by atomic mass is 16.5. The van der Waals surface area contributed by atoms with E-state index >= 15 is 0 Å². The Kier molecular flexibility index (Phi) is 9.13. The first-order chi connectivity index (χ1) is 15.3. The first-order valence-corrected chi connectivity index (χ1v) is 11.5. The number of hydrogen-bond donors (Lipinski definition) is 0. The molecule has 0 unspecified atom stereocenters. The molecule has 0 N–H and O–H groups in total. The summed E-state index contributed by atoms with van der Waals surface area (Å²) in [4.78, 5) is 4.59. The van der Waals surface area contributed by atoms with Crippen molar-refractivity contribution in [3.8, 4) is 23.1 Å². The Hall–Kier alpha value is -3.12. The van der Waals surface area contributed by atoms with Crippen LogP contribution in [-0.4, -0.2) is 11.6 Å². The smallest absolute Gasteiger partial charge is 0.119 e. The molecule has 3 heteroatoms. The van der Waals surface area contributed by atoms with Crippen LogP contribution >= 0.6 is 0 Å². The molecule has 160 valence electrons. The summed E-state index contributed by atoms with van der Waals surface area (Å²) in [6.07, 6.45) is 11.6. The van der Waals surface area contributed by atoms with Gasteiger partial charge in [0.1, 0.15) is 5.75 Å². The molecule has 0 aliphatic rings. The normalized spacial score (nSPS) is 10.6. The van der Waals surface area contributed by atoms with E-state index in [1.165, 1.54) is 43.2 Å². The fourth-order valence-electron chi connectivity index (χ4n) is 3.57. The molecule has 1 heterocycles. The van der Waals surface area contributed by atoms with E-state index in [4.69, 9.17) is 10.00 Å². The number of nitriles is 1. The summed E-state index contributed by atoms with van der Waals surface area (Å²) in [7, 11) is 0. The van der Waals surface area contributed by atoms with Gasteiger partial charge in [0.25, 0.3) is 0 Å². The van der Waals surface area contributed by atoms with Crippen molar-refractivity contribution in [2.75, 3.05) is 6.61 Å². The van der Waals surface area contributed by atoms with Crippen molar-refractivity contribution < 1.29 is 4.74 Å². The van der Waals surface area contributed by atoms with E-state index < -0.39 is 0 Å². The molecule has 0 saturated carbocycles. The molecular formula is C28H32N2O. The van der Waals surface area contributed by atoms with E-state index in [1.54, 1.807) is 0 Å². The topological polar surface area (TPSA) is 45.9 Å².